The quantitative estimate of drug-likeness (QED) is 0.665. The van der Waals surface area contributed by atoms with E-state index in [0.29, 0.717) is 54.5 Å². The second-order valence-corrected chi connectivity index (χ2v) is 8.02. The number of rotatable bonds is 4. The molecule has 5 rings (SSSR count). The van der Waals surface area contributed by atoms with Crippen LogP contribution in [0.2, 0.25) is 0 Å². The maximum absolute atomic E-state index is 12.9. The molecule has 0 spiro atoms. The number of hydrogen-bond donors (Lipinski definition) is 1. The van der Waals surface area contributed by atoms with Crippen molar-refractivity contribution in [3.63, 3.8) is 0 Å². The Morgan fingerprint density at radius 1 is 0.939 bits per heavy atom. The number of piperazine rings is 1. The van der Waals surface area contributed by atoms with Crippen LogP contribution in [0, 0.1) is 6.92 Å². The van der Waals surface area contributed by atoms with E-state index in [0.717, 1.165) is 11.4 Å². The van der Waals surface area contributed by atoms with E-state index < -0.39 is 0 Å². The summed E-state index contributed by atoms with van der Waals surface area (Å²) in [6, 6.07) is 16.5. The second kappa shape index (κ2) is 8.82. The largest absolute Gasteiger partial charge is 0.454 e. The summed E-state index contributed by atoms with van der Waals surface area (Å²) in [6.45, 7) is 4.65. The number of fused-ring (bicyclic) bond motifs is 1. The van der Waals surface area contributed by atoms with Gasteiger partial charge in [0.2, 0.25) is 6.79 Å². The topological polar surface area (TPSA) is 84.0 Å². The molecule has 0 atom stereocenters. The van der Waals surface area contributed by atoms with Gasteiger partial charge in [0.1, 0.15) is 5.82 Å². The number of aryl methyl sites for hydroxylation is 1. The Labute approximate surface area is 191 Å². The molecule has 0 unspecified atom stereocenters. The third-order valence-corrected chi connectivity index (χ3v) is 5.91. The second-order valence-electron chi connectivity index (χ2n) is 8.02. The Kier molecular flexibility index (Phi) is 5.56. The Hall–Kier alpha value is -4.07. The maximum atomic E-state index is 12.9. The highest BCUT2D eigenvalue weighted by Gasteiger charge is 2.24. The van der Waals surface area contributed by atoms with E-state index in [9.17, 15) is 9.59 Å². The van der Waals surface area contributed by atoms with Crippen molar-refractivity contribution in [1.29, 1.82) is 0 Å². The molecule has 1 aromatic heterocycles. The molecule has 0 saturated carbocycles. The third kappa shape index (κ3) is 4.32. The van der Waals surface area contributed by atoms with Gasteiger partial charge in [-0.3, -0.25) is 9.59 Å². The number of carbonyl (C=O) groups is 2. The van der Waals surface area contributed by atoms with Crippen LogP contribution in [0.4, 0.5) is 11.5 Å². The molecule has 8 nitrogen and oxygen atoms in total. The summed E-state index contributed by atoms with van der Waals surface area (Å²) < 4.78 is 10.7. The predicted octanol–water partition coefficient (Wildman–Crippen LogP) is 3.33. The maximum Gasteiger partial charge on any atom is 0.255 e. The Morgan fingerprint density at radius 3 is 2.48 bits per heavy atom. The molecule has 2 aromatic carbocycles. The zero-order chi connectivity index (χ0) is 22.8. The highest BCUT2D eigenvalue weighted by Crippen LogP contribution is 2.33. The number of ether oxygens (including phenoxy) is 2. The van der Waals surface area contributed by atoms with Gasteiger partial charge in [0.15, 0.2) is 11.5 Å². The number of nitrogens with one attached hydrogen (secondary N) is 1. The van der Waals surface area contributed by atoms with E-state index in [2.05, 4.69) is 15.2 Å². The predicted molar refractivity (Wildman–Crippen MR) is 124 cm³/mol. The Balaban J connectivity index is 1.18. The molecule has 0 aliphatic carbocycles. The summed E-state index contributed by atoms with van der Waals surface area (Å²) in [7, 11) is 0. The summed E-state index contributed by atoms with van der Waals surface area (Å²) >= 11 is 0. The zero-order valence-electron chi connectivity index (χ0n) is 18.3. The van der Waals surface area contributed by atoms with Crippen LogP contribution in [0.25, 0.3) is 0 Å². The number of pyridine rings is 1. The lowest BCUT2D eigenvalue weighted by Crippen LogP contribution is -2.49. The van der Waals surface area contributed by atoms with Crippen LogP contribution >= 0.6 is 0 Å². The van der Waals surface area contributed by atoms with Crippen molar-refractivity contribution in [2.75, 3.05) is 43.2 Å². The number of carbonyl (C=O) groups excluding carboxylic acids is 2. The van der Waals surface area contributed by atoms with Crippen LogP contribution in [0.5, 0.6) is 11.5 Å². The van der Waals surface area contributed by atoms with E-state index in [4.69, 9.17) is 9.47 Å². The number of benzene rings is 2. The molecule has 2 aliphatic heterocycles. The van der Waals surface area contributed by atoms with Crippen LogP contribution in [-0.4, -0.2) is 54.7 Å². The minimum absolute atomic E-state index is 0.0184. The van der Waals surface area contributed by atoms with Gasteiger partial charge in [-0.1, -0.05) is 18.2 Å². The molecule has 33 heavy (non-hydrogen) atoms. The average Bonchev–Trinajstić information content (AvgIpc) is 3.32. The molecule has 2 amide bonds. The first-order valence-electron chi connectivity index (χ1n) is 10.9. The van der Waals surface area contributed by atoms with Crippen LogP contribution in [0.15, 0.2) is 60.8 Å². The standard InChI is InChI=1S/C25H24N4O4/c1-17-4-2-3-5-20(17)24(30)27-19-7-9-23(26-15-19)28-10-12-29(13-11-28)25(31)18-6-8-21-22(14-18)33-16-32-21/h2-9,14-15H,10-13,16H2,1H3,(H,27,30). The van der Waals surface area contributed by atoms with Gasteiger partial charge in [-0.15, -0.1) is 0 Å². The molecule has 1 saturated heterocycles. The lowest BCUT2D eigenvalue weighted by Gasteiger charge is -2.35. The van der Waals surface area contributed by atoms with Crippen molar-refractivity contribution in [3.05, 3.63) is 77.5 Å². The number of anilines is 2. The van der Waals surface area contributed by atoms with Gasteiger partial charge >= 0.3 is 0 Å². The van der Waals surface area contributed by atoms with Gasteiger partial charge < -0.3 is 24.6 Å². The number of nitrogens with zero attached hydrogens (tertiary/aromatic N) is 3. The molecule has 0 bridgehead atoms. The Bertz CT molecular complexity index is 1190. The van der Waals surface area contributed by atoms with Gasteiger partial charge in [0.05, 0.1) is 11.9 Å². The summed E-state index contributed by atoms with van der Waals surface area (Å²) in [5.74, 6) is 1.92. The van der Waals surface area contributed by atoms with Crippen LogP contribution in [-0.2, 0) is 0 Å². The van der Waals surface area contributed by atoms with Crippen LogP contribution in [0.3, 0.4) is 0 Å². The number of aromatic nitrogens is 1. The number of amides is 2. The minimum Gasteiger partial charge on any atom is -0.454 e. The van der Waals surface area contributed by atoms with E-state index in [1.165, 1.54) is 0 Å². The highest BCUT2D eigenvalue weighted by atomic mass is 16.7. The molecule has 1 fully saturated rings. The van der Waals surface area contributed by atoms with Crippen molar-refractivity contribution in [3.8, 4) is 11.5 Å². The van der Waals surface area contributed by atoms with E-state index in [1.54, 1.807) is 30.5 Å². The molecule has 0 radical (unpaired) electrons. The highest BCUT2D eigenvalue weighted by molar-refractivity contribution is 6.05. The normalized spacial score (nSPS) is 14.8. The van der Waals surface area contributed by atoms with Crippen LogP contribution in [0.1, 0.15) is 26.3 Å². The molecule has 168 valence electrons. The summed E-state index contributed by atoms with van der Waals surface area (Å²) in [4.78, 5) is 33.9. The SMILES string of the molecule is Cc1ccccc1C(=O)Nc1ccc(N2CCN(C(=O)c3ccc4c(c3)OCO4)CC2)nc1. The summed E-state index contributed by atoms with van der Waals surface area (Å²) in [5.41, 5.74) is 2.81. The zero-order valence-corrected chi connectivity index (χ0v) is 18.3. The fourth-order valence-electron chi connectivity index (χ4n) is 4.02. The molecule has 1 N–H and O–H groups in total. The third-order valence-electron chi connectivity index (χ3n) is 5.91. The average molecular weight is 444 g/mol. The summed E-state index contributed by atoms with van der Waals surface area (Å²) in [5, 5.41) is 2.90. The van der Waals surface area contributed by atoms with Crippen molar-refractivity contribution in [2.24, 2.45) is 0 Å². The van der Waals surface area contributed by atoms with Crippen molar-refractivity contribution in [2.45, 2.75) is 6.92 Å². The van der Waals surface area contributed by atoms with Gasteiger partial charge in [-0.2, -0.15) is 0 Å². The van der Waals surface area contributed by atoms with E-state index in [-0.39, 0.29) is 18.6 Å². The van der Waals surface area contributed by atoms with Gasteiger partial charge in [0, 0.05) is 37.3 Å². The molecular weight excluding hydrogens is 420 g/mol. The fourth-order valence-corrected chi connectivity index (χ4v) is 4.02. The van der Waals surface area contributed by atoms with E-state index in [1.807, 2.05) is 42.2 Å². The van der Waals surface area contributed by atoms with Gasteiger partial charge in [0.25, 0.3) is 11.8 Å². The minimum atomic E-state index is -0.154. The van der Waals surface area contributed by atoms with Crippen molar-refractivity contribution in [1.82, 2.24) is 9.88 Å². The molecular formula is C25H24N4O4. The molecule has 3 heterocycles. The monoisotopic (exact) mass is 444 g/mol. The lowest BCUT2D eigenvalue weighted by molar-refractivity contribution is 0.0746. The fraction of sp³-hybridized carbons (Fsp3) is 0.240. The first kappa shape index (κ1) is 20.8. The smallest absolute Gasteiger partial charge is 0.255 e. The molecule has 2 aliphatic rings. The Morgan fingerprint density at radius 2 is 1.73 bits per heavy atom. The van der Waals surface area contributed by atoms with Gasteiger partial charge in [-0.25, -0.2) is 4.98 Å². The van der Waals surface area contributed by atoms with Crippen LogP contribution < -0.4 is 19.7 Å². The molecule has 8 heteroatoms. The first-order chi connectivity index (χ1) is 16.1. The van der Waals surface area contributed by atoms with Crippen molar-refractivity contribution >= 4 is 23.3 Å². The first-order valence-corrected chi connectivity index (χ1v) is 10.9. The summed E-state index contributed by atoms with van der Waals surface area (Å²) in [6.07, 6.45) is 1.66. The van der Waals surface area contributed by atoms with Gasteiger partial charge in [-0.05, 0) is 48.9 Å². The van der Waals surface area contributed by atoms with Crippen molar-refractivity contribution < 1.29 is 19.1 Å². The lowest BCUT2D eigenvalue weighted by atomic mass is 10.1. The number of hydrogen-bond acceptors (Lipinski definition) is 6. The molecule has 3 aromatic rings. The van der Waals surface area contributed by atoms with E-state index >= 15 is 0 Å².